The fourth-order valence-corrected chi connectivity index (χ4v) is 2.00. The number of aromatic nitrogens is 2. The molecule has 0 atom stereocenters. The number of fused-ring (bicyclic) bond motifs is 1. The van der Waals surface area contributed by atoms with Crippen LogP contribution in [-0.2, 0) is 6.54 Å². The summed E-state index contributed by atoms with van der Waals surface area (Å²) in [5.41, 5.74) is 7.35. The number of benzene rings is 1. The SMILES string of the molecule is CN(C)CCn1ncc2cc(N)cc(Cl)c21. The number of nitrogens with zero attached hydrogens (tertiary/aromatic N) is 3. The Bertz CT molecular complexity index is 504. The lowest BCUT2D eigenvalue weighted by atomic mass is 10.2. The molecule has 1 aromatic heterocycles. The van der Waals surface area contributed by atoms with E-state index in [0.29, 0.717) is 10.7 Å². The number of likely N-dealkylation sites (N-methyl/N-ethyl adjacent to an activating group) is 1. The number of nitrogens with two attached hydrogens (primary N) is 1. The highest BCUT2D eigenvalue weighted by molar-refractivity contribution is 6.35. The van der Waals surface area contributed by atoms with Gasteiger partial charge >= 0.3 is 0 Å². The van der Waals surface area contributed by atoms with Gasteiger partial charge in [-0.25, -0.2) is 0 Å². The first kappa shape index (κ1) is 11.2. The van der Waals surface area contributed by atoms with E-state index in [4.69, 9.17) is 17.3 Å². The van der Waals surface area contributed by atoms with Gasteiger partial charge in [0.05, 0.1) is 23.3 Å². The summed E-state index contributed by atoms with van der Waals surface area (Å²) in [6.45, 7) is 1.75. The van der Waals surface area contributed by atoms with Crippen molar-refractivity contribution in [2.45, 2.75) is 6.54 Å². The maximum Gasteiger partial charge on any atom is 0.0870 e. The van der Waals surface area contributed by atoms with Crippen molar-refractivity contribution in [3.63, 3.8) is 0 Å². The maximum absolute atomic E-state index is 6.17. The van der Waals surface area contributed by atoms with Crippen molar-refractivity contribution in [1.29, 1.82) is 0 Å². The molecule has 0 spiro atoms. The molecule has 2 N–H and O–H groups in total. The molecule has 5 heteroatoms. The molecular weight excluding hydrogens is 224 g/mol. The molecule has 0 bridgehead atoms. The maximum atomic E-state index is 6.17. The first-order chi connectivity index (χ1) is 7.58. The molecule has 0 aliphatic carbocycles. The monoisotopic (exact) mass is 238 g/mol. The van der Waals surface area contributed by atoms with Crippen LogP contribution >= 0.6 is 11.6 Å². The Hall–Kier alpha value is -1.26. The molecule has 0 unspecified atom stereocenters. The summed E-state index contributed by atoms with van der Waals surface area (Å²) in [5.74, 6) is 0. The molecule has 86 valence electrons. The predicted molar refractivity (Wildman–Crippen MR) is 67.7 cm³/mol. The summed E-state index contributed by atoms with van der Waals surface area (Å²) in [4.78, 5) is 2.11. The van der Waals surface area contributed by atoms with Gasteiger partial charge < -0.3 is 10.6 Å². The minimum absolute atomic E-state index is 0.659. The van der Waals surface area contributed by atoms with Crippen molar-refractivity contribution in [2.75, 3.05) is 26.4 Å². The molecular formula is C11H15ClN4. The highest BCUT2D eigenvalue weighted by atomic mass is 35.5. The second kappa shape index (κ2) is 4.31. The van der Waals surface area contributed by atoms with Gasteiger partial charge in [-0.15, -0.1) is 0 Å². The zero-order chi connectivity index (χ0) is 11.7. The number of hydrogen-bond acceptors (Lipinski definition) is 3. The van der Waals surface area contributed by atoms with Crippen LogP contribution in [0.3, 0.4) is 0 Å². The first-order valence-electron chi connectivity index (χ1n) is 5.13. The Kier molecular flexibility index (Phi) is 3.03. The lowest BCUT2D eigenvalue weighted by Gasteiger charge is -2.10. The molecule has 0 radical (unpaired) electrons. The molecule has 2 aromatic rings. The van der Waals surface area contributed by atoms with E-state index in [1.54, 1.807) is 12.3 Å². The molecule has 0 aliphatic heterocycles. The topological polar surface area (TPSA) is 47.1 Å². The molecule has 0 saturated heterocycles. The molecule has 0 fully saturated rings. The van der Waals surface area contributed by atoms with Gasteiger partial charge in [-0.2, -0.15) is 5.10 Å². The van der Waals surface area contributed by atoms with Crippen LogP contribution < -0.4 is 5.73 Å². The van der Waals surface area contributed by atoms with E-state index >= 15 is 0 Å². The lowest BCUT2D eigenvalue weighted by Crippen LogP contribution is -2.18. The number of nitrogen functional groups attached to an aromatic ring is 1. The van der Waals surface area contributed by atoms with Crippen molar-refractivity contribution in [1.82, 2.24) is 14.7 Å². The molecule has 16 heavy (non-hydrogen) atoms. The summed E-state index contributed by atoms with van der Waals surface area (Å²) in [6, 6.07) is 3.65. The van der Waals surface area contributed by atoms with Crippen LogP contribution in [0.1, 0.15) is 0 Å². The number of hydrogen-bond donors (Lipinski definition) is 1. The van der Waals surface area contributed by atoms with Crippen LogP contribution in [0, 0.1) is 0 Å². The smallest absolute Gasteiger partial charge is 0.0870 e. The fourth-order valence-electron chi connectivity index (χ4n) is 1.67. The molecule has 0 aliphatic rings. The Morgan fingerprint density at radius 3 is 2.88 bits per heavy atom. The third-order valence-electron chi connectivity index (χ3n) is 2.47. The summed E-state index contributed by atoms with van der Waals surface area (Å²) in [5, 5.41) is 5.97. The van der Waals surface area contributed by atoms with Crippen LogP contribution in [0.25, 0.3) is 10.9 Å². The third-order valence-corrected chi connectivity index (χ3v) is 2.76. The average Bonchev–Trinajstić information content (AvgIpc) is 2.57. The highest BCUT2D eigenvalue weighted by Gasteiger charge is 2.07. The number of anilines is 1. The molecule has 0 amide bonds. The summed E-state index contributed by atoms with van der Waals surface area (Å²) in [7, 11) is 4.07. The van der Waals surface area contributed by atoms with Gasteiger partial charge in [-0.1, -0.05) is 11.6 Å². The Balaban J connectivity index is 2.40. The van der Waals surface area contributed by atoms with Crippen molar-refractivity contribution in [3.05, 3.63) is 23.4 Å². The van der Waals surface area contributed by atoms with Crippen molar-refractivity contribution >= 4 is 28.2 Å². The predicted octanol–water partition coefficient (Wildman–Crippen LogP) is 1.83. The van der Waals surface area contributed by atoms with Crippen LogP contribution in [0.5, 0.6) is 0 Å². The first-order valence-corrected chi connectivity index (χ1v) is 5.51. The third kappa shape index (κ3) is 2.13. The van der Waals surface area contributed by atoms with E-state index in [9.17, 15) is 0 Å². The van der Waals surface area contributed by atoms with Gasteiger partial charge in [0.25, 0.3) is 0 Å². The second-order valence-electron chi connectivity index (χ2n) is 4.11. The van der Waals surface area contributed by atoms with Gasteiger partial charge in [-0.3, -0.25) is 4.68 Å². The minimum Gasteiger partial charge on any atom is -0.399 e. The van der Waals surface area contributed by atoms with E-state index in [2.05, 4.69) is 10.00 Å². The average molecular weight is 239 g/mol. The zero-order valence-electron chi connectivity index (χ0n) is 9.44. The van der Waals surface area contributed by atoms with Crippen molar-refractivity contribution in [3.8, 4) is 0 Å². The van der Waals surface area contributed by atoms with Gasteiger partial charge in [0.15, 0.2) is 0 Å². The largest absolute Gasteiger partial charge is 0.399 e. The van der Waals surface area contributed by atoms with Crippen LogP contribution in [0.15, 0.2) is 18.3 Å². The summed E-state index contributed by atoms with van der Waals surface area (Å²) >= 11 is 6.17. The zero-order valence-corrected chi connectivity index (χ0v) is 10.2. The van der Waals surface area contributed by atoms with Crippen molar-refractivity contribution in [2.24, 2.45) is 0 Å². The van der Waals surface area contributed by atoms with E-state index in [0.717, 1.165) is 24.0 Å². The molecule has 2 rings (SSSR count). The number of halogens is 1. The van der Waals surface area contributed by atoms with E-state index in [1.807, 2.05) is 24.8 Å². The van der Waals surface area contributed by atoms with Crippen LogP contribution in [0.4, 0.5) is 5.69 Å². The normalized spacial score (nSPS) is 11.5. The standard InChI is InChI=1S/C11H15ClN4/c1-15(2)3-4-16-11-8(7-14-16)5-9(13)6-10(11)12/h5-7H,3-4,13H2,1-2H3. The Morgan fingerprint density at radius 1 is 1.44 bits per heavy atom. The van der Waals surface area contributed by atoms with E-state index < -0.39 is 0 Å². The van der Waals surface area contributed by atoms with Crippen molar-refractivity contribution < 1.29 is 0 Å². The molecule has 1 heterocycles. The quantitative estimate of drug-likeness (QED) is 0.830. The minimum atomic E-state index is 0.659. The van der Waals surface area contributed by atoms with E-state index in [-0.39, 0.29) is 0 Å². The Labute approximate surface area is 99.6 Å². The molecule has 0 saturated carbocycles. The Morgan fingerprint density at radius 2 is 2.19 bits per heavy atom. The number of rotatable bonds is 3. The molecule has 1 aromatic carbocycles. The van der Waals surface area contributed by atoms with E-state index in [1.165, 1.54) is 0 Å². The highest BCUT2D eigenvalue weighted by Crippen LogP contribution is 2.26. The lowest BCUT2D eigenvalue weighted by molar-refractivity contribution is 0.377. The van der Waals surface area contributed by atoms with Crippen LogP contribution in [-0.4, -0.2) is 35.3 Å². The van der Waals surface area contributed by atoms with Gasteiger partial charge in [0, 0.05) is 17.6 Å². The van der Waals surface area contributed by atoms with Gasteiger partial charge in [-0.05, 0) is 26.2 Å². The summed E-state index contributed by atoms with van der Waals surface area (Å²) < 4.78 is 1.91. The van der Waals surface area contributed by atoms with Crippen LogP contribution in [0.2, 0.25) is 5.02 Å². The fraction of sp³-hybridized carbons (Fsp3) is 0.364. The van der Waals surface area contributed by atoms with Gasteiger partial charge in [0.2, 0.25) is 0 Å². The van der Waals surface area contributed by atoms with Gasteiger partial charge in [0.1, 0.15) is 0 Å². The second-order valence-corrected chi connectivity index (χ2v) is 4.52. The summed E-state index contributed by atoms with van der Waals surface area (Å²) in [6.07, 6.45) is 1.80. The molecule has 4 nitrogen and oxygen atoms in total.